The maximum absolute atomic E-state index is 13.4. The van der Waals surface area contributed by atoms with Crippen LogP contribution in [0.1, 0.15) is 32.8 Å². The van der Waals surface area contributed by atoms with E-state index >= 15 is 0 Å². The van der Waals surface area contributed by atoms with E-state index in [1.165, 1.54) is 29.2 Å². The zero-order valence-electron chi connectivity index (χ0n) is 26.6. The van der Waals surface area contributed by atoms with Crippen molar-refractivity contribution in [1.29, 1.82) is 0 Å². The van der Waals surface area contributed by atoms with E-state index in [9.17, 15) is 32.9 Å². The van der Waals surface area contributed by atoms with Gasteiger partial charge in [0.05, 0.1) is 10.7 Å². The number of benzene rings is 3. The summed E-state index contributed by atoms with van der Waals surface area (Å²) in [5, 5.41) is 15.9. The number of ether oxygens (including phenoxy) is 3. The van der Waals surface area contributed by atoms with Gasteiger partial charge in [0.1, 0.15) is 29.7 Å². The van der Waals surface area contributed by atoms with E-state index in [0.29, 0.717) is 22.7 Å². The van der Waals surface area contributed by atoms with Crippen molar-refractivity contribution < 1.29 is 41.9 Å². The van der Waals surface area contributed by atoms with Crippen molar-refractivity contribution in [1.82, 2.24) is 14.9 Å². The topological polar surface area (TPSA) is 196 Å². The second-order valence-corrected chi connectivity index (χ2v) is 13.7. The molecule has 0 aliphatic carbocycles. The highest BCUT2D eigenvalue weighted by Crippen LogP contribution is 2.26. The molecule has 2 atom stereocenters. The maximum atomic E-state index is 13.4. The molecule has 15 nitrogen and oxygen atoms in total. The first-order valence-electron chi connectivity index (χ1n) is 14.9. The van der Waals surface area contributed by atoms with Crippen LogP contribution in [-0.2, 0) is 30.9 Å². The Kier molecular flexibility index (Phi) is 11.6. The first kappa shape index (κ1) is 35.6. The lowest BCUT2D eigenvalue weighted by Gasteiger charge is -2.28. The van der Waals surface area contributed by atoms with Gasteiger partial charge in [0, 0.05) is 37.0 Å². The highest BCUT2D eigenvalue weighted by atomic mass is 32.2. The van der Waals surface area contributed by atoms with Crippen molar-refractivity contribution in [2.75, 3.05) is 24.2 Å². The van der Waals surface area contributed by atoms with Gasteiger partial charge in [-0.15, -0.1) is 0 Å². The number of para-hydroxylation sites is 1. The summed E-state index contributed by atoms with van der Waals surface area (Å²) in [6.07, 6.45) is -1.67. The van der Waals surface area contributed by atoms with Crippen molar-refractivity contribution in [3.05, 3.63) is 94.5 Å². The average Bonchev–Trinajstić information content (AvgIpc) is 3.44. The molecule has 4 rings (SSSR count). The number of hydrogen-bond acceptors (Lipinski definition) is 10. The summed E-state index contributed by atoms with van der Waals surface area (Å²) in [6.45, 7) is 4.45. The fraction of sp³-hybridized carbons (Fsp3) is 0.344. The molecule has 1 saturated heterocycles. The Balaban J connectivity index is 1.31. The van der Waals surface area contributed by atoms with E-state index in [1.54, 1.807) is 45.0 Å². The van der Waals surface area contributed by atoms with Crippen LogP contribution in [0.5, 0.6) is 11.5 Å². The predicted molar refractivity (Wildman–Crippen MR) is 175 cm³/mol. The third-order valence-electron chi connectivity index (χ3n) is 6.84. The van der Waals surface area contributed by atoms with Gasteiger partial charge in [0.2, 0.25) is 15.9 Å². The van der Waals surface area contributed by atoms with E-state index in [0.717, 1.165) is 0 Å². The molecule has 1 unspecified atom stereocenters. The molecule has 1 aliphatic rings. The summed E-state index contributed by atoms with van der Waals surface area (Å²) < 4.78 is 44.5. The van der Waals surface area contributed by atoms with Gasteiger partial charge >= 0.3 is 12.2 Å². The van der Waals surface area contributed by atoms with Crippen LogP contribution in [0.2, 0.25) is 0 Å². The molecular formula is C32H37N5O10S. The fourth-order valence-electron chi connectivity index (χ4n) is 4.66. The number of non-ortho nitro benzene ring substituents is 1. The summed E-state index contributed by atoms with van der Waals surface area (Å²) in [5.41, 5.74) is -0.0128. The molecule has 256 valence electrons. The largest absolute Gasteiger partial charge is 0.457 e. The molecule has 48 heavy (non-hydrogen) atoms. The van der Waals surface area contributed by atoms with Gasteiger partial charge in [0.25, 0.3) is 5.69 Å². The Morgan fingerprint density at radius 1 is 0.958 bits per heavy atom. The molecule has 3 aromatic rings. The highest BCUT2D eigenvalue weighted by Gasteiger charge is 2.42. The number of alkyl carbamates (subject to hydrolysis) is 1. The van der Waals surface area contributed by atoms with Crippen molar-refractivity contribution in [3.63, 3.8) is 0 Å². The zero-order valence-corrected chi connectivity index (χ0v) is 27.4. The van der Waals surface area contributed by atoms with Crippen LogP contribution in [0, 0.1) is 10.1 Å². The Bertz CT molecular complexity index is 1700. The normalized spacial score (nSPS) is 16.1. The molecule has 1 heterocycles. The summed E-state index contributed by atoms with van der Waals surface area (Å²) in [5.74, 6) is 0.169. The van der Waals surface area contributed by atoms with Crippen LogP contribution in [0.15, 0.2) is 78.9 Å². The van der Waals surface area contributed by atoms with Crippen LogP contribution >= 0.6 is 0 Å². The van der Waals surface area contributed by atoms with E-state index in [-0.39, 0.29) is 31.8 Å². The Labute approximate surface area is 277 Å². The second kappa shape index (κ2) is 15.6. The number of rotatable bonds is 12. The summed E-state index contributed by atoms with van der Waals surface area (Å²) in [4.78, 5) is 49.9. The molecule has 3 amide bonds. The minimum atomic E-state index is -3.97. The molecule has 0 bridgehead atoms. The number of sulfonamides is 1. The quantitative estimate of drug-likeness (QED) is 0.180. The fourth-order valence-corrected chi connectivity index (χ4v) is 5.83. The highest BCUT2D eigenvalue weighted by molar-refractivity contribution is 7.89. The number of nitrogens with one attached hydrogen (secondary N) is 3. The van der Waals surface area contributed by atoms with Crippen LogP contribution < -0.4 is 20.1 Å². The molecule has 3 aromatic carbocycles. The van der Waals surface area contributed by atoms with Gasteiger partial charge in [-0.05, 0) is 81.3 Å². The van der Waals surface area contributed by atoms with Crippen molar-refractivity contribution in [2.24, 2.45) is 0 Å². The lowest BCUT2D eigenvalue weighted by atomic mass is 10.1. The molecule has 1 aliphatic heterocycles. The molecule has 3 N–H and O–H groups in total. The van der Waals surface area contributed by atoms with Gasteiger partial charge in [-0.3, -0.25) is 19.8 Å². The van der Waals surface area contributed by atoms with Crippen molar-refractivity contribution in [2.45, 2.75) is 51.5 Å². The Morgan fingerprint density at radius 2 is 1.60 bits per heavy atom. The standard InChI is InChI=1S/C32H37N5O10S/c1-32(2,3)47-31(40)36-20-24(19-28(36)29(38)34-23-11-15-27(16-12-23)46-26-7-5-4-6-8-26)35-48(43,44)18-17-33-30(39)45-21-22-9-13-25(14-10-22)37(41)42/h4-16,24,28,35H,17-21H2,1-3H3,(H,33,39)(H,34,38)/t24?,28-/m0/s1. The second-order valence-electron chi connectivity index (χ2n) is 11.9. The monoisotopic (exact) mass is 683 g/mol. The first-order valence-corrected chi connectivity index (χ1v) is 16.6. The Hall–Kier alpha value is -5.22. The van der Waals surface area contributed by atoms with E-state index in [4.69, 9.17) is 14.2 Å². The number of nitrogens with zero attached hydrogens (tertiary/aromatic N) is 2. The minimum Gasteiger partial charge on any atom is -0.457 e. The lowest BCUT2D eigenvalue weighted by Crippen LogP contribution is -2.46. The molecule has 0 saturated carbocycles. The Morgan fingerprint density at radius 3 is 2.23 bits per heavy atom. The van der Waals surface area contributed by atoms with Gasteiger partial charge in [0.15, 0.2) is 0 Å². The molecule has 0 aromatic heterocycles. The van der Waals surface area contributed by atoms with E-state index < -0.39 is 56.5 Å². The maximum Gasteiger partial charge on any atom is 0.411 e. The number of amides is 3. The SMILES string of the molecule is CC(C)(C)OC(=O)N1CC(NS(=O)(=O)CCNC(=O)OCc2ccc([N+](=O)[O-])cc2)C[C@H]1C(=O)Nc1ccc(Oc2ccccc2)cc1. The molecule has 1 fully saturated rings. The van der Waals surface area contributed by atoms with Crippen molar-refractivity contribution in [3.8, 4) is 11.5 Å². The summed E-state index contributed by atoms with van der Waals surface area (Å²) >= 11 is 0. The molecule has 0 spiro atoms. The third-order valence-corrected chi connectivity index (χ3v) is 8.27. The third kappa shape index (κ3) is 10.9. The smallest absolute Gasteiger partial charge is 0.411 e. The zero-order chi connectivity index (χ0) is 34.9. The molecule has 16 heteroatoms. The van der Waals surface area contributed by atoms with E-state index in [1.807, 2.05) is 30.3 Å². The van der Waals surface area contributed by atoms with E-state index in [2.05, 4.69) is 15.4 Å². The summed E-state index contributed by atoms with van der Waals surface area (Å²) in [7, 11) is -3.97. The van der Waals surface area contributed by atoms with Crippen molar-refractivity contribution >= 4 is 39.5 Å². The molecular weight excluding hydrogens is 646 g/mol. The minimum absolute atomic E-state index is 0.0236. The predicted octanol–water partition coefficient (Wildman–Crippen LogP) is 4.55. The number of carbonyl (C=O) groups is 3. The van der Waals surface area contributed by atoms with Gasteiger partial charge in [-0.2, -0.15) is 0 Å². The van der Waals surface area contributed by atoms with Crippen LogP contribution in [0.25, 0.3) is 0 Å². The average molecular weight is 684 g/mol. The number of likely N-dealkylation sites (tertiary alicyclic amines) is 1. The van der Waals surface area contributed by atoms with Crippen LogP contribution in [-0.4, -0.2) is 72.9 Å². The number of nitro benzene ring substituents is 1. The number of nitro groups is 1. The van der Waals surface area contributed by atoms with Crippen LogP contribution in [0.3, 0.4) is 0 Å². The molecule has 0 radical (unpaired) electrons. The van der Waals surface area contributed by atoms with Gasteiger partial charge < -0.3 is 24.8 Å². The number of carbonyl (C=O) groups excluding carboxylic acids is 3. The first-order chi connectivity index (χ1) is 22.7. The van der Waals surface area contributed by atoms with Gasteiger partial charge in [-0.1, -0.05) is 18.2 Å². The number of anilines is 1. The van der Waals surface area contributed by atoms with Crippen LogP contribution in [0.4, 0.5) is 21.0 Å². The number of hydrogen-bond donors (Lipinski definition) is 3. The van der Waals surface area contributed by atoms with Gasteiger partial charge in [-0.25, -0.2) is 22.7 Å². The lowest BCUT2D eigenvalue weighted by molar-refractivity contribution is -0.384. The summed E-state index contributed by atoms with van der Waals surface area (Å²) in [6, 6.07) is 19.4.